The van der Waals surface area contributed by atoms with Crippen LogP contribution in [0.5, 0.6) is 0 Å². The van der Waals surface area contributed by atoms with Crippen LogP contribution in [0.2, 0.25) is 5.15 Å². The number of halogens is 1. The van der Waals surface area contributed by atoms with Crippen LogP contribution in [0.3, 0.4) is 0 Å². The van der Waals surface area contributed by atoms with Gasteiger partial charge in [-0.3, -0.25) is 9.59 Å². The van der Waals surface area contributed by atoms with Crippen molar-refractivity contribution >= 4 is 40.6 Å². The Hall–Kier alpha value is -3.45. The van der Waals surface area contributed by atoms with Crippen molar-refractivity contribution in [2.75, 3.05) is 10.6 Å². The Bertz CT molecular complexity index is 1040. The molecule has 3 heterocycles. The van der Waals surface area contributed by atoms with E-state index in [2.05, 4.69) is 25.9 Å². The number of nitrogens with one attached hydrogen (secondary N) is 3. The molecule has 0 saturated heterocycles. The number of rotatable bonds is 4. The summed E-state index contributed by atoms with van der Waals surface area (Å²) in [4.78, 5) is 32.7. The number of nitrogens with zero attached hydrogens (tertiary/aromatic N) is 2. The minimum Gasteiger partial charge on any atom is -0.348 e. The Morgan fingerprint density at radius 2 is 2.00 bits per heavy atom. The topological polar surface area (TPSA) is 96.0 Å². The third kappa shape index (κ3) is 3.45. The molecule has 2 aromatic heterocycles. The van der Waals surface area contributed by atoms with E-state index in [0.29, 0.717) is 34.3 Å². The van der Waals surface area contributed by atoms with E-state index >= 15 is 0 Å². The van der Waals surface area contributed by atoms with Gasteiger partial charge in [-0.15, -0.1) is 0 Å². The molecular formula is C19H14ClN5O2. The number of carbonyl (C=O) groups is 2. The van der Waals surface area contributed by atoms with Crippen LogP contribution in [-0.2, 0) is 6.54 Å². The van der Waals surface area contributed by atoms with E-state index in [1.54, 1.807) is 42.6 Å². The highest BCUT2D eigenvalue weighted by Crippen LogP contribution is 2.28. The third-order valence-corrected chi connectivity index (χ3v) is 4.36. The van der Waals surface area contributed by atoms with Crippen LogP contribution >= 0.6 is 11.6 Å². The number of amides is 2. The van der Waals surface area contributed by atoms with E-state index < -0.39 is 0 Å². The van der Waals surface area contributed by atoms with Crippen LogP contribution in [0.15, 0.2) is 54.9 Å². The summed E-state index contributed by atoms with van der Waals surface area (Å²) in [5.74, 6) is -0.0518. The second-order valence-electron chi connectivity index (χ2n) is 5.86. The lowest BCUT2D eigenvalue weighted by atomic mass is 10.1. The molecule has 4 rings (SSSR count). The maximum atomic E-state index is 12.7. The molecular weight excluding hydrogens is 366 g/mol. The van der Waals surface area contributed by atoms with Crippen molar-refractivity contribution in [2.24, 2.45) is 0 Å². The molecule has 0 spiro atoms. The number of hydrogen-bond acceptors (Lipinski definition) is 5. The molecule has 8 heteroatoms. The van der Waals surface area contributed by atoms with Gasteiger partial charge in [0.1, 0.15) is 11.0 Å². The van der Waals surface area contributed by atoms with Crippen LogP contribution in [0.25, 0.3) is 0 Å². The van der Waals surface area contributed by atoms with Crippen molar-refractivity contribution in [3.05, 3.63) is 76.7 Å². The molecule has 1 aliphatic heterocycles. The van der Waals surface area contributed by atoms with Crippen molar-refractivity contribution in [1.29, 1.82) is 0 Å². The summed E-state index contributed by atoms with van der Waals surface area (Å²) in [6.07, 6.45) is 3.07. The smallest absolute Gasteiger partial charge is 0.259 e. The fourth-order valence-corrected chi connectivity index (χ4v) is 2.95. The maximum Gasteiger partial charge on any atom is 0.259 e. The Morgan fingerprint density at radius 1 is 1.11 bits per heavy atom. The highest BCUT2D eigenvalue weighted by atomic mass is 35.5. The van der Waals surface area contributed by atoms with Crippen LogP contribution in [-0.4, -0.2) is 21.8 Å². The van der Waals surface area contributed by atoms with E-state index in [0.717, 1.165) is 11.3 Å². The van der Waals surface area contributed by atoms with Gasteiger partial charge in [0.25, 0.3) is 11.8 Å². The molecule has 0 unspecified atom stereocenters. The molecule has 7 nitrogen and oxygen atoms in total. The molecule has 2 amide bonds. The number of pyridine rings is 2. The lowest BCUT2D eigenvalue weighted by molar-refractivity contribution is 0.0964. The fraction of sp³-hybridized carbons (Fsp3) is 0.0526. The molecule has 0 bridgehead atoms. The summed E-state index contributed by atoms with van der Waals surface area (Å²) in [6.45, 7) is 0.433. The van der Waals surface area contributed by atoms with Crippen molar-refractivity contribution in [3.8, 4) is 0 Å². The first-order chi connectivity index (χ1) is 13.1. The SMILES string of the molecule is O=C(Nc1ccc(Cl)nc1)c1cccnc1Nc1cccc2c1CNC2=O. The Kier molecular flexibility index (Phi) is 4.43. The monoisotopic (exact) mass is 379 g/mol. The molecule has 3 aromatic rings. The quantitative estimate of drug-likeness (QED) is 0.604. The average molecular weight is 380 g/mol. The summed E-state index contributed by atoms with van der Waals surface area (Å²) < 4.78 is 0. The van der Waals surface area contributed by atoms with Gasteiger partial charge in [-0.25, -0.2) is 9.97 Å². The Labute approximate surface area is 159 Å². The normalized spacial score (nSPS) is 12.3. The molecule has 0 aliphatic carbocycles. The molecule has 0 saturated carbocycles. The van der Waals surface area contributed by atoms with Gasteiger partial charge in [-0.05, 0) is 36.4 Å². The zero-order chi connectivity index (χ0) is 18.8. The van der Waals surface area contributed by atoms with E-state index in [1.165, 1.54) is 6.20 Å². The van der Waals surface area contributed by atoms with Gasteiger partial charge in [-0.1, -0.05) is 17.7 Å². The predicted octanol–water partition coefficient (Wildman–Crippen LogP) is 3.37. The van der Waals surface area contributed by atoms with Crippen LogP contribution in [0.4, 0.5) is 17.2 Å². The molecule has 3 N–H and O–H groups in total. The highest BCUT2D eigenvalue weighted by Gasteiger charge is 2.22. The summed E-state index contributed by atoms with van der Waals surface area (Å²) in [7, 11) is 0. The standard InChI is InChI=1S/C19H14ClN5O2/c20-16-7-6-11(9-22-16)24-19(27)13-4-2-8-21-17(13)25-15-5-1-3-12-14(15)10-23-18(12)26/h1-9H,10H2,(H,21,25)(H,23,26)(H,24,27). The van der Waals surface area contributed by atoms with E-state index in [1.807, 2.05) is 6.07 Å². The summed E-state index contributed by atoms with van der Waals surface area (Å²) in [6, 6.07) is 12.0. The first-order valence-electron chi connectivity index (χ1n) is 8.17. The number of aromatic nitrogens is 2. The van der Waals surface area contributed by atoms with Crippen LogP contribution in [0, 0.1) is 0 Å². The average Bonchev–Trinajstić information content (AvgIpc) is 3.06. The minimum absolute atomic E-state index is 0.108. The van der Waals surface area contributed by atoms with Crippen molar-refractivity contribution < 1.29 is 9.59 Å². The first kappa shape index (κ1) is 17.0. The Morgan fingerprint density at radius 3 is 2.81 bits per heavy atom. The number of benzene rings is 1. The van der Waals surface area contributed by atoms with Crippen LogP contribution in [0.1, 0.15) is 26.3 Å². The zero-order valence-corrected chi connectivity index (χ0v) is 14.7. The summed E-state index contributed by atoms with van der Waals surface area (Å²) in [5.41, 5.74) is 3.08. The molecule has 134 valence electrons. The number of hydrogen-bond donors (Lipinski definition) is 3. The lowest BCUT2D eigenvalue weighted by Gasteiger charge is -2.13. The maximum absolute atomic E-state index is 12.7. The molecule has 27 heavy (non-hydrogen) atoms. The second-order valence-corrected chi connectivity index (χ2v) is 6.25. The molecule has 0 atom stereocenters. The van der Waals surface area contributed by atoms with Gasteiger partial charge in [0, 0.05) is 29.6 Å². The summed E-state index contributed by atoms with van der Waals surface area (Å²) >= 11 is 5.76. The molecule has 1 aliphatic rings. The number of anilines is 3. The Balaban J connectivity index is 1.61. The highest BCUT2D eigenvalue weighted by molar-refractivity contribution is 6.29. The predicted molar refractivity (Wildman–Crippen MR) is 102 cm³/mol. The van der Waals surface area contributed by atoms with Gasteiger partial charge < -0.3 is 16.0 Å². The first-order valence-corrected chi connectivity index (χ1v) is 8.54. The number of carbonyl (C=O) groups excluding carboxylic acids is 2. The van der Waals surface area contributed by atoms with Gasteiger partial charge in [-0.2, -0.15) is 0 Å². The molecule has 1 aromatic carbocycles. The largest absolute Gasteiger partial charge is 0.348 e. The van der Waals surface area contributed by atoms with Gasteiger partial charge in [0.05, 0.1) is 17.4 Å². The summed E-state index contributed by atoms with van der Waals surface area (Å²) in [5, 5.41) is 9.07. The van der Waals surface area contributed by atoms with Gasteiger partial charge in [0.15, 0.2) is 0 Å². The second kappa shape index (κ2) is 7.05. The van der Waals surface area contributed by atoms with Crippen molar-refractivity contribution in [2.45, 2.75) is 6.54 Å². The van der Waals surface area contributed by atoms with Crippen LogP contribution < -0.4 is 16.0 Å². The number of fused-ring (bicyclic) bond motifs is 1. The fourth-order valence-electron chi connectivity index (χ4n) is 2.83. The van der Waals surface area contributed by atoms with Gasteiger partial charge in [0.2, 0.25) is 0 Å². The van der Waals surface area contributed by atoms with Gasteiger partial charge >= 0.3 is 0 Å². The lowest BCUT2D eigenvalue weighted by Crippen LogP contribution is -2.15. The third-order valence-electron chi connectivity index (χ3n) is 4.14. The van der Waals surface area contributed by atoms with Crippen molar-refractivity contribution in [1.82, 2.24) is 15.3 Å². The van der Waals surface area contributed by atoms with E-state index in [-0.39, 0.29) is 11.8 Å². The zero-order valence-electron chi connectivity index (χ0n) is 14.0. The molecule has 0 fully saturated rings. The van der Waals surface area contributed by atoms with Crippen molar-refractivity contribution in [3.63, 3.8) is 0 Å². The molecule has 0 radical (unpaired) electrons. The minimum atomic E-state index is -0.337. The van der Waals surface area contributed by atoms with E-state index in [9.17, 15) is 9.59 Å². The van der Waals surface area contributed by atoms with E-state index in [4.69, 9.17) is 11.6 Å².